The van der Waals surface area contributed by atoms with Gasteiger partial charge in [-0.15, -0.1) is 0 Å². The highest BCUT2D eigenvalue weighted by Gasteiger charge is 2.33. The van der Waals surface area contributed by atoms with E-state index in [-0.39, 0.29) is 47.3 Å². The summed E-state index contributed by atoms with van der Waals surface area (Å²) in [6.07, 6.45) is 1.50. The molecule has 214 valence electrons. The lowest BCUT2D eigenvalue weighted by Crippen LogP contribution is -2.48. The third-order valence-corrected chi connectivity index (χ3v) is 9.90. The number of benzene rings is 2. The zero-order valence-electron chi connectivity index (χ0n) is 23.3. The molecule has 2 fully saturated rings. The second-order valence-electron chi connectivity index (χ2n) is 11.1. The molecule has 2 aliphatic rings. The number of hydrogen-bond donors (Lipinski definition) is 1. The largest absolute Gasteiger partial charge is 0.373 e. The Balaban J connectivity index is 1.32. The molecule has 11 heteroatoms. The number of nitrogens with zero attached hydrogens (tertiary/aromatic N) is 2. The summed E-state index contributed by atoms with van der Waals surface area (Å²) in [5.74, 6) is -0.522. The zero-order valence-corrected chi connectivity index (χ0v) is 25.8. The van der Waals surface area contributed by atoms with Crippen molar-refractivity contribution in [3.8, 4) is 0 Å². The second kappa shape index (κ2) is 12.1. The molecule has 1 N–H and O–H groups in total. The molecule has 0 bridgehead atoms. The average Bonchev–Trinajstić information content (AvgIpc) is 3.14. The molecule has 0 saturated carbocycles. The van der Waals surface area contributed by atoms with Gasteiger partial charge in [0.05, 0.1) is 22.0 Å². The zero-order chi connectivity index (χ0) is 29.2. The number of anilines is 1. The first-order chi connectivity index (χ1) is 18.7. The van der Waals surface area contributed by atoms with E-state index in [9.17, 15) is 18.0 Å². The van der Waals surface area contributed by atoms with Crippen molar-refractivity contribution in [2.24, 2.45) is 0 Å². The van der Waals surface area contributed by atoms with Crippen LogP contribution in [0.1, 0.15) is 52.2 Å². The van der Waals surface area contributed by atoms with Gasteiger partial charge < -0.3 is 10.1 Å². The average molecular weight is 602 g/mol. The number of nitrogens with one attached hydrogen (secondary N) is 1. The van der Waals surface area contributed by atoms with Crippen molar-refractivity contribution in [1.29, 1.82) is 0 Å². The summed E-state index contributed by atoms with van der Waals surface area (Å²) >= 11 is 6.63. The maximum Gasteiger partial charge on any atom is 0.266 e. The number of sulfonamides is 1. The lowest BCUT2D eigenvalue weighted by atomic mass is 9.87. The molecule has 8 nitrogen and oxygen atoms in total. The van der Waals surface area contributed by atoms with Crippen LogP contribution >= 0.6 is 24.0 Å². The standard InChI is InChI=1S/C29H35N3O5S3/c1-19-17-31(18-20(2)37-19)40(35,36)24-12-10-23(11-13-24)30-26(33)14-15-32-27(34)25(39-28(32)38)16-21-6-8-22(9-7-21)29(3,4)5/h6-13,16,19-20H,14-15,17-18H2,1-5H3,(H,30,33)/b25-16-. The number of morpholine rings is 1. The van der Waals surface area contributed by atoms with Crippen molar-refractivity contribution in [2.75, 3.05) is 25.0 Å². The topological polar surface area (TPSA) is 96.0 Å². The Morgan fingerprint density at radius 1 is 1.07 bits per heavy atom. The summed E-state index contributed by atoms with van der Waals surface area (Å²) < 4.78 is 33.6. The van der Waals surface area contributed by atoms with Gasteiger partial charge in [0.15, 0.2) is 0 Å². The van der Waals surface area contributed by atoms with Crippen LogP contribution in [0, 0.1) is 0 Å². The molecule has 2 atom stereocenters. The van der Waals surface area contributed by atoms with Crippen LogP contribution in [0.25, 0.3) is 6.08 Å². The van der Waals surface area contributed by atoms with E-state index in [4.69, 9.17) is 17.0 Å². The van der Waals surface area contributed by atoms with E-state index in [1.54, 1.807) is 12.1 Å². The Morgan fingerprint density at radius 2 is 1.68 bits per heavy atom. The van der Waals surface area contributed by atoms with Gasteiger partial charge in [-0.1, -0.05) is 69.0 Å². The van der Waals surface area contributed by atoms with Crippen molar-refractivity contribution in [1.82, 2.24) is 9.21 Å². The highest BCUT2D eigenvalue weighted by molar-refractivity contribution is 8.26. The number of carbonyl (C=O) groups excluding carboxylic acids is 2. The number of thiocarbonyl (C=S) groups is 1. The number of ether oxygens (including phenoxy) is 1. The minimum Gasteiger partial charge on any atom is -0.373 e. The normalized spacial score (nSPS) is 21.7. The summed E-state index contributed by atoms with van der Waals surface area (Å²) in [5.41, 5.74) is 2.63. The van der Waals surface area contributed by atoms with E-state index >= 15 is 0 Å². The minimum atomic E-state index is -3.67. The van der Waals surface area contributed by atoms with Gasteiger partial charge in [-0.2, -0.15) is 4.31 Å². The van der Waals surface area contributed by atoms with Crippen LogP contribution in [0.2, 0.25) is 0 Å². The number of amides is 2. The lowest BCUT2D eigenvalue weighted by molar-refractivity contribution is -0.122. The van der Waals surface area contributed by atoms with E-state index in [0.29, 0.717) is 28.0 Å². The molecule has 2 unspecified atom stereocenters. The van der Waals surface area contributed by atoms with Crippen molar-refractivity contribution >= 4 is 61.9 Å². The van der Waals surface area contributed by atoms with Crippen LogP contribution in [-0.2, 0) is 29.8 Å². The summed E-state index contributed by atoms with van der Waals surface area (Å²) in [7, 11) is -3.67. The van der Waals surface area contributed by atoms with Crippen LogP contribution in [0.5, 0.6) is 0 Å². The minimum absolute atomic E-state index is 0.0445. The lowest BCUT2D eigenvalue weighted by Gasteiger charge is -2.34. The van der Waals surface area contributed by atoms with Gasteiger partial charge >= 0.3 is 0 Å². The molecule has 0 aromatic heterocycles. The monoisotopic (exact) mass is 601 g/mol. The molecule has 0 aliphatic carbocycles. The summed E-state index contributed by atoms with van der Waals surface area (Å²) in [6, 6.07) is 14.2. The van der Waals surface area contributed by atoms with E-state index in [1.165, 1.54) is 38.7 Å². The Morgan fingerprint density at radius 3 is 2.25 bits per heavy atom. The van der Waals surface area contributed by atoms with Crippen LogP contribution in [0.3, 0.4) is 0 Å². The first-order valence-electron chi connectivity index (χ1n) is 13.2. The highest BCUT2D eigenvalue weighted by atomic mass is 32.2. The molecule has 2 aromatic rings. The molecule has 2 aliphatic heterocycles. The summed E-state index contributed by atoms with van der Waals surface area (Å²) in [5, 5.41) is 2.77. The molecule has 40 heavy (non-hydrogen) atoms. The predicted octanol–water partition coefficient (Wildman–Crippen LogP) is 5.01. The first-order valence-corrected chi connectivity index (χ1v) is 15.8. The number of rotatable bonds is 7. The smallest absolute Gasteiger partial charge is 0.266 e. The summed E-state index contributed by atoms with van der Waals surface area (Å²) in [6.45, 7) is 10.9. The van der Waals surface area contributed by atoms with Crippen molar-refractivity contribution in [3.05, 3.63) is 64.6 Å². The molecule has 0 spiro atoms. The van der Waals surface area contributed by atoms with Gasteiger partial charge in [-0.25, -0.2) is 8.42 Å². The Bertz CT molecular complexity index is 1400. The third kappa shape index (κ3) is 7.19. The number of thioether (sulfide) groups is 1. The molecule has 2 heterocycles. The van der Waals surface area contributed by atoms with Crippen LogP contribution in [-0.4, -0.2) is 65.6 Å². The van der Waals surface area contributed by atoms with Crippen LogP contribution < -0.4 is 5.32 Å². The Hall–Kier alpha value is -2.57. The third-order valence-electron chi connectivity index (χ3n) is 6.67. The quantitative estimate of drug-likeness (QED) is 0.352. The molecule has 2 amide bonds. The van der Waals surface area contributed by atoms with Crippen molar-refractivity contribution in [2.45, 2.75) is 63.6 Å². The van der Waals surface area contributed by atoms with E-state index < -0.39 is 10.0 Å². The Labute approximate surface area is 246 Å². The molecule has 4 rings (SSSR count). The maximum absolute atomic E-state index is 13.0. The van der Waals surface area contributed by atoms with Gasteiger partial charge in [0.2, 0.25) is 15.9 Å². The summed E-state index contributed by atoms with van der Waals surface area (Å²) in [4.78, 5) is 27.7. The van der Waals surface area contributed by atoms with Gasteiger partial charge in [-0.3, -0.25) is 14.5 Å². The van der Waals surface area contributed by atoms with Gasteiger partial charge in [0.1, 0.15) is 4.32 Å². The maximum atomic E-state index is 13.0. The van der Waals surface area contributed by atoms with Crippen LogP contribution in [0.4, 0.5) is 5.69 Å². The number of hydrogen-bond acceptors (Lipinski definition) is 7. The Kier molecular flexibility index (Phi) is 9.21. The van der Waals surface area contributed by atoms with Crippen LogP contribution in [0.15, 0.2) is 58.3 Å². The fraction of sp³-hybridized carbons (Fsp3) is 0.414. The molecular weight excluding hydrogens is 567 g/mol. The fourth-order valence-corrected chi connectivity index (χ4v) is 7.45. The van der Waals surface area contributed by atoms with E-state index in [2.05, 4.69) is 38.2 Å². The fourth-order valence-electron chi connectivity index (χ4n) is 4.55. The highest BCUT2D eigenvalue weighted by Crippen LogP contribution is 2.33. The molecule has 2 saturated heterocycles. The van der Waals surface area contributed by atoms with Gasteiger partial charge in [0, 0.05) is 31.7 Å². The molecule has 2 aromatic carbocycles. The van der Waals surface area contributed by atoms with E-state index in [0.717, 1.165) is 5.56 Å². The molecule has 0 radical (unpaired) electrons. The SMILES string of the molecule is CC1CN(S(=O)(=O)c2ccc(NC(=O)CCN3C(=O)/C(=C/c4ccc(C(C)(C)C)cc4)SC3=S)cc2)CC(C)O1. The van der Waals surface area contributed by atoms with Gasteiger partial charge in [0.25, 0.3) is 5.91 Å². The first kappa shape index (κ1) is 30.4. The molecular formula is C29H35N3O5S3. The second-order valence-corrected chi connectivity index (χ2v) is 14.7. The van der Waals surface area contributed by atoms with Crippen molar-refractivity contribution in [3.63, 3.8) is 0 Å². The number of carbonyl (C=O) groups is 2. The van der Waals surface area contributed by atoms with Crippen molar-refractivity contribution < 1.29 is 22.7 Å². The van der Waals surface area contributed by atoms with Gasteiger partial charge in [-0.05, 0) is 60.7 Å². The predicted molar refractivity (Wildman–Crippen MR) is 163 cm³/mol. The van der Waals surface area contributed by atoms with E-state index in [1.807, 2.05) is 32.1 Å².